The van der Waals surface area contributed by atoms with E-state index in [9.17, 15) is 22.4 Å². The molecule has 0 saturated heterocycles. The summed E-state index contributed by atoms with van der Waals surface area (Å²) in [5.41, 5.74) is -2.65. The Hall–Kier alpha value is -2.23. The van der Waals surface area contributed by atoms with Gasteiger partial charge in [-0.05, 0) is 13.8 Å². The number of nitrogens with one attached hydrogen (secondary N) is 1. The minimum Gasteiger partial charge on any atom is -0.491 e. The van der Waals surface area contributed by atoms with E-state index in [1.165, 1.54) is 13.8 Å². The number of methoxy groups -OCH3 is 1. The van der Waals surface area contributed by atoms with Crippen LogP contribution in [0.2, 0.25) is 0 Å². The quantitative estimate of drug-likeness (QED) is 0.527. The van der Waals surface area contributed by atoms with E-state index in [2.05, 4.69) is 16.0 Å². The molecule has 1 amide bonds. The van der Waals surface area contributed by atoms with Gasteiger partial charge in [-0.1, -0.05) is 5.92 Å². The molecule has 7 heteroatoms. The van der Waals surface area contributed by atoms with Crippen LogP contribution in [0.5, 0.6) is 5.75 Å². The summed E-state index contributed by atoms with van der Waals surface area (Å²) in [6.45, 7) is 2.74. The van der Waals surface area contributed by atoms with Gasteiger partial charge in [-0.2, -0.15) is 8.78 Å². The number of amides is 1. The van der Waals surface area contributed by atoms with Crippen LogP contribution in [0.1, 0.15) is 24.2 Å². The Bertz CT molecular complexity index is 576. The highest BCUT2D eigenvalue weighted by Gasteiger charge is 2.31. The number of hydrogen-bond donors (Lipinski definition) is 1. The molecule has 0 radical (unpaired) electrons. The van der Waals surface area contributed by atoms with Crippen molar-refractivity contribution >= 4 is 5.91 Å². The van der Waals surface area contributed by atoms with E-state index in [4.69, 9.17) is 6.42 Å². The molecular formula is C13H11F4NO2. The summed E-state index contributed by atoms with van der Waals surface area (Å²) < 4.78 is 58.4. The monoisotopic (exact) mass is 289 g/mol. The lowest BCUT2D eigenvalue weighted by Gasteiger charge is -2.20. The van der Waals surface area contributed by atoms with Gasteiger partial charge in [0.15, 0.2) is 17.4 Å². The Balaban J connectivity index is 3.41. The van der Waals surface area contributed by atoms with E-state index >= 15 is 0 Å². The van der Waals surface area contributed by atoms with Crippen molar-refractivity contribution in [1.29, 1.82) is 0 Å². The molecule has 0 aliphatic heterocycles. The molecule has 0 saturated carbocycles. The maximum atomic E-state index is 13.6. The minimum atomic E-state index is -1.86. The molecule has 0 fully saturated rings. The van der Waals surface area contributed by atoms with Crippen LogP contribution in [0.25, 0.3) is 0 Å². The molecule has 0 spiro atoms. The van der Waals surface area contributed by atoms with Crippen molar-refractivity contribution in [3.05, 3.63) is 28.8 Å². The molecule has 1 N–H and O–H groups in total. The van der Waals surface area contributed by atoms with Crippen LogP contribution < -0.4 is 10.1 Å². The number of halogens is 4. The second kappa shape index (κ2) is 5.41. The number of carbonyl (C=O) groups excluding carboxylic acids is 1. The summed E-state index contributed by atoms with van der Waals surface area (Å²) in [5, 5.41) is 2.07. The standard InChI is InChI=1S/C13H11F4NO2/c1-5-13(2,3)18-12(19)6-7(14)9(16)11(20-4)10(17)8(6)15/h1H,2-4H3,(H,18,19). The second-order valence-electron chi connectivity index (χ2n) is 4.39. The number of rotatable bonds is 3. The SMILES string of the molecule is C#CC(C)(C)NC(=O)c1c(F)c(F)c(OC)c(F)c1F. The summed E-state index contributed by atoms with van der Waals surface area (Å²) in [4.78, 5) is 11.7. The van der Waals surface area contributed by atoms with Gasteiger partial charge in [0.1, 0.15) is 5.56 Å². The number of benzene rings is 1. The van der Waals surface area contributed by atoms with Gasteiger partial charge in [0, 0.05) is 0 Å². The highest BCUT2D eigenvalue weighted by Crippen LogP contribution is 2.29. The summed E-state index contributed by atoms with van der Waals surface area (Å²) in [6, 6.07) is 0. The highest BCUT2D eigenvalue weighted by molar-refractivity contribution is 5.95. The smallest absolute Gasteiger partial charge is 0.258 e. The third kappa shape index (κ3) is 2.69. The Morgan fingerprint density at radius 2 is 1.60 bits per heavy atom. The van der Waals surface area contributed by atoms with Crippen LogP contribution >= 0.6 is 0 Å². The maximum Gasteiger partial charge on any atom is 0.258 e. The zero-order valence-corrected chi connectivity index (χ0v) is 10.9. The molecule has 0 heterocycles. The fourth-order valence-electron chi connectivity index (χ4n) is 1.37. The van der Waals surface area contributed by atoms with E-state index in [0.717, 1.165) is 7.11 Å². The summed E-state index contributed by atoms with van der Waals surface area (Å²) in [5.74, 6) is -7.77. The molecule has 0 aliphatic carbocycles. The molecule has 1 aromatic carbocycles. The summed E-state index contributed by atoms with van der Waals surface area (Å²) in [6.07, 6.45) is 5.09. The van der Waals surface area contributed by atoms with Crippen molar-refractivity contribution in [2.45, 2.75) is 19.4 Å². The Kier molecular flexibility index (Phi) is 4.28. The second-order valence-corrected chi connectivity index (χ2v) is 4.39. The fraction of sp³-hybridized carbons (Fsp3) is 0.308. The van der Waals surface area contributed by atoms with Crippen molar-refractivity contribution in [1.82, 2.24) is 5.32 Å². The van der Waals surface area contributed by atoms with Crippen molar-refractivity contribution in [3.63, 3.8) is 0 Å². The Morgan fingerprint density at radius 3 is 1.95 bits per heavy atom. The first-order valence-corrected chi connectivity index (χ1v) is 5.36. The molecule has 1 rings (SSSR count). The summed E-state index contributed by atoms with van der Waals surface area (Å²) >= 11 is 0. The zero-order valence-electron chi connectivity index (χ0n) is 10.9. The number of terminal acetylenes is 1. The highest BCUT2D eigenvalue weighted by atomic mass is 19.2. The first-order valence-electron chi connectivity index (χ1n) is 5.36. The minimum absolute atomic E-state index is 0.835. The molecule has 0 atom stereocenters. The lowest BCUT2D eigenvalue weighted by atomic mass is 10.1. The predicted octanol–water partition coefficient (Wildman–Crippen LogP) is 2.39. The van der Waals surface area contributed by atoms with Crippen molar-refractivity contribution < 1.29 is 27.1 Å². The topological polar surface area (TPSA) is 38.3 Å². The number of carbonyl (C=O) groups is 1. The number of ether oxygens (including phenoxy) is 1. The Labute approximate surface area is 112 Å². The van der Waals surface area contributed by atoms with Crippen LogP contribution in [0.4, 0.5) is 17.6 Å². The van der Waals surface area contributed by atoms with Crippen molar-refractivity contribution in [3.8, 4) is 18.1 Å². The van der Waals surface area contributed by atoms with Gasteiger partial charge in [0.2, 0.25) is 11.6 Å². The van der Waals surface area contributed by atoms with Crippen molar-refractivity contribution in [2.75, 3.05) is 7.11 Å². The van der Waals surface area contributed by atoms with E-state index in [1.807, 2.05) is 0 Å². The van der Waals surface area contributed by atoms with E-state index in [1.54, 1.807) is 0 Å². The first kappa shape index (κ1) is 15.8. The average Bonchev–Trinajstić information content (AvgIpc) is 2.37. The first-order chi connectivity index (χ1) is 9.16. The number of hydrogen-bond acceptors (Lipinski definition) is 2. The van der Waals surface area contributed by atoms with E-state index in [-0.39, 0.29) is 0 Å². The van der Waals surface area contributed by atoms with Gasteiger partial charge in [0.05, 0.1) is 12.6 Å². The van der Waals surface area contributed by atoms with Crippen LogP contribution in [0.3, 0.4) is 0 Å². The van der Waals surface area contributed by atoms with E-state index < -0.39 is 46.0 Å². The predicted molar refractivity (Wildman–Crippen MR) is 63.2 cm³/mol. The molecule has 0 aromatic heterocycles. The molecule has 0 unspecified atom stereocenters. The average molecular weight is 289 g/mol. The Morgan fingerprint density at radius 1 is 1.15 bits per heavy atom. The third-order valence-electron chi connectivity index (χ3n) is 2.44. The van der Waals surface area contributed by atoms with Crippen LogP contribution in [-0.4, -0.2) is 18.6 Å². The van der Waals surface area contributed by atoms with Crippen molar-refractivity contribution in [2.24, 2.45) is 0 Å². The van der Waals surface area contributed by atoms with Gasteiger partial charge in [-0.3, -0.25) is 4.79 Å². The molecule has 20 heavy (non-hydrogen) atoms. The molecule has 1 aromatic rings. The molecular weight excluding hydrogens is 278 g/mol. The largest absolute Gasteiger partial charge is 0.491 e. The van der Waals surface area contributed by atoms with Gasteiger partial charge in [-0.15, -0.1) is 6.42 Å². The van der Waals surface area contributed by atoms with Gasteiger partial charge >= 0.3 is 0 Å². The van der Waals surface area contributed by atoms with Crippen LogP contribution in [0, 0.1) is 35.6 Å². The van der Waals surface area contributed by atoms with Gasteiger partial charge < -0.3 is 10.1 Å². The summed E-state index contributed by atoms with van der Waals surface area (Å²) in [7, 11) is 0.835. The third-order valence-corrected chi connectivity index (χ3v) is 2.44. The van der Waals surface area contributed by atoms with Crippen LogP contribution in [-0.2, 0) is 0 Å². The molecule has 0 aliphatic rings. The molecule has 0 bridgehead atoms. The molecule has 3 nitrogen and oxygen atoms in total. The van der Waals surface area contributed by atoms with Gasteiger partial charge in [-0.25, -0.2) is 8.78 Å². The molecule has 108 valence electrons. The lowest BCUT2D eigenvalue weighted by Crippen LogP contribution is -2.43. The zero-order chi connectivity index (χ0) is 15.7. The van der Waals surface area contributed by atoms with E-state index in [0.29, 0.717) is 0 Å². The lowest BCUT2D eigenvalue weighted by molar-refractivity contribution is 0.0918. The van der Waals surface area contributed by atoms with Gasteiger partial charge in [0.25, 0.3) is 5.91 Å². The van der Waals surface area contributed by atoms with Crippen LogP contribution in [0.15, 0.2) is 0 Å². The normalized spacial score (nSPS) is 10.9. The fourth-order valence-corrected chi connectivity index (χ4v) is 1.37. The maximum absolute atomic E-state index is 13.6.